The number of aromatic nitrogens is 2. The Bertz CT molecular complexity index is 1130. The van der Waals surface area contributed by atoms with Crippen molar-refractivity contribution in [2.75, 3.05) is 7.05 Å². The molecule has 4 aromatic rings. The lowest BCUT2D eigenvalue weighted by Gasteiger charge is -2.23. The van der Waals surface area contributed by atoms with E-state index in [-0.39, 0.29) is 11.9 Å². The van der Waals surface area contributed by atoms with Gasteiger partial charge in [0.05, 0.1) is 21.3 Å². The van der Waals surface area contributed by atoms with E-state index in [1.165, 1.54) is 0 Å². The van der Waals surface area contributed by atoms with Crippen molar-refractivity contribution in [3.05, 3.63) is 69.9 Å². The van der Waals surface area contributed by atoms with Gasteiger partial charge in [-0.1, -0.05) is 47.1 Å². The third kappa shape index (κ3) is 3.19. The molecule has 2 heterocycles. The van der Waals surface area contributed by atoms with Crippen molar-refractivity contribution < 1.29 is 9.32 Å². The molecule has 0 saturated carbocycles. The van der Waals surface area contributed by atoms with Crippen LogP contribution in [0.2, 0.25) is 5.02 Å². The van der Waals surface area contributed by atoms with Gasteiger partial charge in [-0.25, -0.2) is 4.98 Å². The van der Waals surface area contributed by atoms with Crippen molar-refractivity contribution in [2.24, 2.45) is 0 Å². The molecule has 7 heteroatoms. The van der Waals surface area contributed by atoms with E-state index < -0.39 is 0 Å². The SMILES string of the molecule is Cc1onc(-c2ccccc2Cl)c1C(=O)N(C)[C@H](C)c1nc2ccccc2s1. The number of nitrogens with zero attached hydrogens (tertiary/aromatic N) is 3. The highest BCUT2D eigenvalue weighted by Crippen LogP contribution is 2.34. The Labute approximate surface area is 171 Å². The van der Waals surface area contributed by atoms with E-state index in [0.29, 0.717) is 27.6 Å². The summed E-state index contributed by atoms with van der Waals surface area (Å²) in [6.45, 7) is 3.70. The van der Waals surface area contributed by atoms with Crippen LogP contribution in [-0.2, 0) is 0 Å². The maximum Gasteiger partial charge on any atom is 0.260 e. The lowest BCUT2D eigenvalue weighted by Crippen LogP contribution is -2.30. The third-order valence-corrected chi connectivity index (χ3v) is 6.31. The zero-order chi connectivity index (χ0) is 19.8. The number of rotatable bonds is 4. The van der Waals surface area contributed by atoms with Crippen molar-refractivity contribution in [2.45, 2.75) is 19.9 Å². The molecule has 0 fully saturated rings. The summed E-state index contributed by atoms with van der Waals surface area (Å²) >= 11 is 7.90. The van der Waals surface area contributed by atoms with Gasteiger partial charge in [-0.15, -0.1) is 11.3 Å². The average Bonchev–Trinajstić information content (AvgIpc) is 3.30. The number of hydrogen-bond acceptors (Lipinski definition) is 5. The highest BCUT2D eigenvalue weighted by molar-refractivity contribution is 7.18. The van der Waals surface area contributed by atoms with Crippen LogP contribution in [0.15, 0.2) is 53.1 Å². The molecule has 1 atom stereocenters. The summed E-state index contributed by atoms with van der Waals surface area (Å²) in [5, 5.41) is 5.50. The number of para-hydroxylation sites is 1. The van der Waals surface area contributed by atoms with Crippen LogP contribution < -0.4 is 0 Å². The minimum Gasteiger partial charge on any atom is -0.360 e. The van der Waals surface area contributed by atoms with Gasteiger partial charge < -0.3 is 9.42 Å². The largest absolute Gasteiger partial charge is 0.360 e. The second-order valence-electron chi connectivity index (χ2n) is 6.55. The topological polar surface area (TPSA) is 59.2 Å². The van der Waals surface area contributed by atoms with E-state index in [1.807, 2.05) is 49.4 Å². The highest BCUT2D eigenvalue weighted by atomic mass is 35.5. The summed E-state index contributed by atoms with van der Waals surface area (Å²) in [7, 11) is 1.77. The summed E-state index contributed by atoms with van der Waals surface area (Å²) in [6.07, 6.45) is 0. The van der Waals surface area contributed by atoms with Gasteiger partial charge in [0.1, 0.15) is 22.0 Å². The predicted molar refractivity (Wildman–Crippen MR) is 112 cm³/mol. The van der Waals surface area contributed by atoms with Crippen molar-refractivity contribution in [1.29, 1.82) is 0 Å². The fourth-order valence-electron chi connectivity index (χ4n) is 3.05. The number of thiazole rings is 1. The Hall–Kier alpha value is -2.70. The van der Waals surface area contributed by atoms with Gasteiger partial charge >= 0.3 is 0 Å². The quantitative estimate of drug-likeness (QED) is 0.429. The minimum atomic E-state index is -0.196. The highest BCUT2D eigenvalue weighted by Gasteiger charge is 2.29. The van der Waals surface area contributed by atoms with Crippen molar-refractivity contribution in [3.8, 4) is 11.3 Å². The third-order valence-electron chi connectivity index (χ3n) is 4.77. The van der Waals surface area contributed by atoms with Gasteiger partial charge in [0.2, 0.25) is 0 Å². The van der Waals surface area contributed by atoms with Crippen LogP contribution in [0.4, 0.5) is 0 Å². The standard InChI is InChI=1S/C21H18ClN3O2S/c1-12(20-23-16-10-6-7-11-17(16)28-20)25(3)21(26)18-13(2)27-24-19(18)14-8-4-5-9-15(14)22/h4-12H,1-3H3/t12-/m1/s1. The molecule has 4 rings (SSSR count). The van der Waals surface area contributed by atoms with E-state index in [0.717, 1.165) is 15.2 Å². The van der Waals surface area contributed by atoms with Crippen LogP contribution in [0.1, 0.15) is 34.1 Å². The molecule has 0 unspecified atom stereocenters. The molecule has 0 radical (unpaired) electrons. The van der Waals surface area contributed by atoms with Crippen molar-refractivity contribution in [1.82, 2.24) is 15.0 Å². The fraction of sp³-hybridized carbons (Fsp3) is 0.190. The van der Waals surface area contributed by atoms with Gasteiger partial charge in [0.25, 0.3) is 5.91 Å². The minimum absolute atomic E-state index is 0.180. The fourth-order valence-corrected chi connectivity index (χ4v) is 4.34. The van der Waals surface area contributed by atoms with Crippen molar-refractivity contribution >= 4 is 39.1 Å². The second kappa shape index (κ2) is 7.37. The average molecular weight is 412 g/mol. The van der Waals surface area contributed by atoms with Crippen LogP contribution in [0.3, 0.4) is 0 Å². The number of benzene rings is 2. The second-order valence-corrected chi connectivity index (χ2v) is 8.02. The Morgan fingerprint density at radius 3 is 2.64 bits per heavy atom. The molecule has 2 aromatic carbocycles. The number of amides is 1. The van der Waals surface area contributed by atoms with Gasteiger partial charge in [0, 0.05) is 12.6 Å². The molecule has 0 spiro atoms. The van der Waals surface area contributed by atoms with Gasteiger partial charge in [-0.3, -0.25) is 4.79 Å². The summed E-state index contributed by atoms with van der Waals surface area (Å²) in [6, 6.07) is 15.0. The van der Waals surface area contributed by atoms with E-state index in [4.69, 9.17) is 16.1 Å². The summed E-state index contributed by atoms with van der Waals surface area (Å²) in [4.78, 5) is 19.7. The maximum absolute atomic E-state index is 13.3. The molecule has 0 aliphatic heterocycles. The lowest BCUT2D eigenvalue weighted by molar-refractivity contribution is 0.0741. The van der Waals surface area contributed by atoms with Crippen LogP contribution in [0, 0.1) is 6.92 Å². The number of aryl methyl sites for hydroxylation is 1. The molecule has 1 amide bonds. The molecule has 0 aliphatic rings. The zero-order valence-electron chi connectivity index (χ0n) is 15.6. The Balaban J connectivity index is 1.69. The first-order valence-electron chi connectivity index (χ1n) is 8.81. The molecule has 5 nitrogen and oxygen atoms in total. The van der Waals surface area contributed by atoms with Crippen molar-refractivity contribution in [3.63, 3.8) is 0 Å². The first kappa shape index (κ1) is 18.7. The Morgan fingerprint density at radius 2 is 1.89 bits per heavy atom. The van der Waals surface area contributed by atoms with E-state index >= 15 is 0 Å². The molecular formula is C21H18ClN3O2S. The molecule has 0 saturated heterocycles. The van der Waals surface area contributed by atoms with Gasteiger partial charge in [-0.2, -0.15) is 0 Å². The molecule has 28 heavy (non-hydrogen) atoms. The lowest BCUT2D eigenvalue weighted by atomic mass is 10.0. The summed E-state index contributed by atoms with van der Waals surface area (Å²) in [5.41, 5.74) is 2.48. The van der Waals surface area contributed by atoms with Gasteiger partial charge in [0.15, 0.2) is 0 Å². The number of carbonyl (C=O) groups is 1. The Kier molecular flexibility index (Phi) is 4.91. The normalized spacial score (nSPS) is 12.3. The monoisotopic (exact) mass is 411 g/mol. The maximum atomic E-state index is 13.3. The Morgan fingerprint density at radius 1 is 1.18 bits per heavy atom. The number of halogens is 1. The predicted octanol–water partition coefficient (Wildman–Crippen LogP) is 5.75. The van der Waals surface area contributed by atoms with Crippen LogP contribution in [0.5, 0.6) is 0 Å². The van der Waals surface area contributed by atoms with E-state index in [2.05, 4.69) is 10.1 Å². The number of hydrogen-bond donors (Lipinski definition) is 0. The molecular weight excluding hydrogens is 394 g/mol. The number of fused-ring (bicyclic) bond motifs is 1. The zero-order valence-corrected chi connectivity index (χ0v) is 17.2. The smallest absolute Gasteiger partial charge is 0.260 e. The van der Waals surface area contributed by atoms with Crippen LogP contribution >= 0.6 is 22.9 Å². The molecule has 0 N–H and O–H groups in total. The molecule has 0 aliphatic carbocycles. The van der Waals surface area contributed by atoms with Crippen LogP contribution in [0.25, 0.3) is 21.5 Å². The van der Waals surface area contributed by atoms with Gasteiger partial charge in [-0.05, 0) is 32.0 Å². The molecule has 2 aromatic heterocycles. The first-order valence-corrected chi connectivity index (χ1v) is 10.0. The molecule has 0 bridgehead atoms. The summed E-state index contributed by atoms with van der Waals surface area (Å²) < 4.78 is 6.44. The van der Waals surface area contributed by atoms with Crippen LogP contribution in [-0.4, -0.2) is 28.0 Å². The summed E-state index contributed by atoms with van der Waals surface area (Å²) in [5.74, 6) is 0.281. The van der Waals surface area contributed by atoms with E-state index in [9.17, 15) is 4.79 Å². The first-order chi connectivity index (χ1) is 13.5. The number of carbonyl (C=O) groups excluding carboxylic acids is 1. The molecule has 142 valence electrons. The van der Waals surface area contributed by atoms with E-state index in [1.54, 1.807) is 36.3 Å².